The van der Waals surface area contributed by atoms with Crippen LogP contribution in [0.25, 0.3) is 0 Å². The lowest BCUT2D eigenvalue weighted by Crippen LogP contribution is -2.52. The van der Waals surface area contributed by atoms with Gasteiger partial charge in [-0.1, -0.05) is 93.6 Å². The molecule has 262 valence electrons. The third-order valence-corrected chi connectivity index (χ3v) is 14.3. The number of hydrogen-bond acceptors (Lipinski definition) is 8. The van der Waals surface area contributed by atoms with Gasteiger partial charge in [0, 0.05) is 5.56 Å². The number of benzene rings is 4. The molecule has 0 amide bonds. The summed E-state index contributed by atoms with van der Waals surface area (Å²) in [4.78, 5) is 13.5. The van der Waals surface area contributed by atoms with Crippen LogP contribution in [0.1, 0.15) is 43.0 Å². The molecule has 5 rings (SSSR count). The second-order valence-electron chi connectivity index (χ2n) is 14.2. The SMILES string of the molecule is COc1cc(C[C@H]2C(=O)OC[C@@H]2C(C#N)(O[Si](C)(C)C(C)(C)C)c2ccc(OCc3ccccc3)c(OC)c2)ccc1OCc1ccccc1. The highest BCUT2D eigenvalue weighted by Gasteiger charge is 2.56. The Hall–Kier alpha value is -4.78. The molecule has 0 aliphatic carbocycles. The first-order chi connectivity index (χ1) is 23.9. The van der Waals surface area contributed by atoms with E-state index in [1.807, 2.05) is 91.0 Å². The third-order valence-electron chi connectivity index (χ3n) is 9.85. The number of esters is 1. The van der Waals surface area contributed by atoms with Crippen LogP contribution in [-0.2, 0) is 39.2 Å². The second-order valence-corrected chi connectivity index (χ2v) is 18.9. The Morgan fingerprint density at radius 3 is 1.82 bits per heavy atom. The zero-order chi connectivity index (χ0) is 35.9. The molecule has 1 heterocycles. The highest BCUT2D eigenvalue weighted by molar-refractivity contribution is 6.74. The number of nitriles is 1. The number of nitrogens with zero attached hydrogens (tertiary/aromatic N) is 1. The van der Waals surface area contributed by atoms with Gasteiger partial charge < -0.3 is 28.1 Å². The molecule has 1 aliphatic heterocycles. The lowest BCUT2D eigenvalue weighted by Gasteiger charge is -2.45. The largest absolute Gasteiger partial charge is 0.493 e. The number of methoxy groups -OCH3 is 2. The first kappa shape index (κ1) is 36.5. The first-order valence-corrected chi connectivity index (χ1v) is 19.8. The minimum atomic E-state index is -2.61. The Balaban J connectivity index is 1.49. The van der Waals surface area contributed by atoms with E-state index in [0.29, 0.717) is 48.2 Å². The predicted molar refractivity (Wildman–Crippen MR) is 195 cm³/mol. The number of ether oxygens (including phenoxy) is 5. The molecule has 0 aromatic heterocycles. The number of carbonyl (C=O) groups excluding carboxylic acids is 1. The van der Waals surface area contributed by atoms with Gasteiger partial charge in [0.2, 0.25) is 0 Å². The lowest BCUT2D eigenvalue weighted by molar-refractivity contribution is -0.141. The summed E-state index contributed by atoms with van der Waals surface area (Å²) in [6, 6.07) is 33.5. The Labute approximate surface area is 297 Å². The lowest BCUT2D eigenvalue weighted by atomic mass is 9.74. The summed E-state index contributed by atoms with van der Waals surface area (Å²) < 4.78 is 36.6. The molecule has 1 aliphatic rings. The van der Waals surface area contributed by atoms with E-state index in [1.165, 1.54) is 0 Å². The summed E-state index contributed by atoms with van der Waals surface area (Å²) in [6.45, 7) is 11.4. The number of hydrogen-bond donors (Lipinski definition) is 0. The maximum absolute atomic E-state index is 13.5. The molecule has 0 bridgehead atoms. The smallest absolute Gasteiger partial charge is 0.309 e. The molecule has 4 aromatic carbocycles. The average molecular weight is 694 g/mol. The van der Waals surface area contributed by atoms with Gasteiger partial charge in [0.1, 0.15) is 19.3 Å². The number of rotatable bonds is 14. The molecule has 9 heteroatoms. The molecule has 0 radical (unpaired) electrons. The summed E-state index contributed by atoms with van der Waals surface area (Å²) in [5.41, 5.74) is 1.97. The fourth-order valence-electron chi connectivity index (χ4n) is 5.96. The molecule has 3 atom stereocenters. The molecule has 8 nitrogen and oxygen atoms in total. The van der Waals surface area contributed by atoms with E-state index < -0.39 is 25.8 Å². The Bertz CT molecular complexity index is 1800. The van der Waals surface area contributed by atoms with Gasteiger partial charge in [-0.15, -0.1) is 0 Å². The van der Waals surface area contributed by atoms with Crippen LogP contribution in [0.4, 0.5) is 0 Å². The van der Waals surface area contributed by atoms with E-state index in [9.17, 15) is 10.1 Å². The van der Waals surface area contributed by atoms with Gasteiger partial charge in [-0.3, -0.25) is 4.79 Å². The van der Waals surface area contributed by atoms with Crippen molar-refractivity contribution in [3.05, 3.63) is 119 Å². The van der Waals surface area contributed by atoms with Crippen LogP contribution < -0.4 is 18.9 Å². The standard InChI is InChI=1S/C41H47NO7Si/c1-40(2,3)50(6,7)49-41(28-42,32-19-21-36(38(24-32)45-5)47-26-30-16-12-9-13-17-30)34-27-48-39(43)33(34)22-31-18-20-35(37(23-31)44-4)46-25-29-14-10-8-11-15-29/h8-21,23-24,33-34H,22,25-27H2,1-7H3/t33-,34+,41?/m1/s1. The van der Waals surface area contributed by atoms with E-state index in [0.717, 1.165) is 16.7 Å². The quantitative estimate of drug-likeness (QED) is 0.0957. The van der Waals surface area contributed by atoms with Crippen molar-refractivity contribution in [1.29, 1.82) is 5.26 Å². The monoisotopic (exact) mass is 693 g/mol. The number of cyclic esters (lactones) is 1. The van der Waals surface area contributed by atoms with Crippen LogP contribution in [0.2, 0.25) is 18.1 Å². The highest BCUT2D eigenvalue weighted by atomic mass is 28.4. The van der Waals surface area contributed by atoms with Gasteiger partial charge in [0.25, 0.3) is 0 Å². The summed E-state index contributed by atoms with van der Waals surface area (Å²) in [7, 11) is 0.552. The van der Waals surface area contributed by atoms with Crippen molar-refractivity contribution < 1.29 is 32.9 Å². The second kappa shape index (κ2) is 15.4. The number of carbonyl (C=O) groups is 1. The van der Waals surface area contributed by atoms with E-state index in [4.69, 9.17) is 28.1 Å². The minimum Gasteiger partial charge on any atom is -0.493 e. The van der Waals surface area contributed by atoms with Crippen LogP contribution in [0.3, 0.4) is 0 Å². The van der Waals surface area contributed by atoms with Crippen LogP contribution in [0.15, 0.2) is 97.1 Å². The van der Waals surface area contributed by atoms with Crippen molar-refractivity contribution in [2.45, 2.75) is 64.1 Å². The molecule has 0 saturated carbocycles. The van der Waals surface area contributed by atoms with Gasteiger partial charge in [-0.25, -0.2) is 0 Å². The molecular weight excluding hydrogens is 647 g/mol. The van der Waals surface area contributed by atoms with Crippen molar-refractivity contribution in [2.75, 3.05) is 20.8 Å². The van der Waals surface area contributed by atoms with E-state index in [-0.39, 0.29) is 17.6 Å². The van der Waals surface area contributed by atoms with Crippen LogP contribution in [0, 0.1) is 23.2 Å². The van der Waals surface area contributed by atoms with E-state index in [1.54, 1.807) is 20.3 Å². The van der Waals surface area contributed by atoms with E-state index in [2.05, 4.69) is 39.9 Å². The van der Waals surface area contributed by atoms with Crippen molar-refractivity contribution >= 4 is 14.3 Å². The highest BCUT2D eigenvalue weighted by Crippen LogP contribution is 2.50. The molecule has 1 unspecified atom stereocenters. The summed E-state index contributed by atoms with van der Waals surface area (Å²) in [5, 5.41) is 11.0. The fourth-order valence-corrected chi connectivity index (χ4v) is 7.39. The molecule has 0 spiro atoms. The van der Waals surface area contributed by atoms with Gasteiger partial charge >= 0.3 is 5.97 Å². The Morgan fingerprint density at radius 1 is 0.760 bits per heavy atom. The van der Waals surface area contributed by atoms with E-state index >= 15 is 0 Å². The van der Waals surface area contributed by atoms with Crippen molar-refractivity contribution in [3.63, 3.8) is 0 Å². The Morgan fingerprint density at radius 2 is 1.30 bits per heavy atom. The van der Waals surface area contributed by atoms with Crippen molar-refractivity contribution in [1.82, 2.24) is 0 Å². The molecule has 1 fully saturated rings. The summed E-state index contributed by atoms with van der Waals surface area (Å²) >= 11 is 0. The van der Waals surface area contributed by atoms with Gasteiger partial charge in [0.15, 0.2) is 36.9 Å². The van der Waals surface area contributed by atoms with Gasteiger partial charge in [-0.05, 0) is 65.5 Å². The predicted octanol–water partition coefficient (Wildman–Crippen LogP) is 8.63. The van der Waals surface area contributed by atoms with Gasteiger partial charge in [-0.2, -0.15) is 5.26 Å². The average Bonchev–Trinajstić information content (AvgIpc) is 3.48. The Kier molecular flexibility index (Phi) is 11.2. The molecule has 4 aromatic rings. The van der Waals surface area contributed by atoms with Crippen molar-refractivity contribution in [2.24, 2.45) is 11.8 Å². The normalized spacial score (nSPS) is 17.3. The first-order valence-electron chi connectivity index (χ1n) is 16.9. The maximum Gasteiger partial charge on any atom is 0.309 e. The molecule has 1 saturated heterocycles. The summed E-state index contributed by atoms with van der Waals surface area (Å²) in [6.07, 6.45) is 0.318. The maximum atomic E-state index is 13.5. The summed E-state index contributed by atoms with van der Waals surface area (Å²) in [5.74, 6) is 0.508. The van der Waals surface area contributed by atoms with Gasteiger partial charge in [0.05, 0.1) is 32.7 Å². The zero-order valence-electron chi connectivity index (χ0n) is 30.0. The molecular formula is C41H47NO7Si. The van der Waals surface area contributed by atoms with Crippen LogP contribution in [-0.4, -0.2) is 35.1 Å². The molecule has 0 N–H and O–H groups in total. The minimum absolute atomic E-state index is 0.0374. The van der Waals surface area contributed by atoms with Crippen LogP contribution >= 0.6 is 0 Å². The zero-order valence-corrected chi connectivity index (χ0v) is 31.0. The third kappa shape index (κ3) is 7.98. The van der Waals surface area contributed by atoms with Crippen molar-refractivity contribution in [3.8, 4) is 29.1 Å². The molecule has 50 heavy (non-hydrogen) atoms. The van der Waals surface area contributed by atoms with Crippen LogP contribution in [0.5, 0.6) is 23.0 Å². The fraction of sp³-hybridized carbons (Fsp3) is 0.366. The topological polar surface area (TPSA) is 96.2 Å².